The molecule has 0 radical (unpaired) electrons. The van der Waals surface area contributed by atoms with Gasteiger partial charge in [-0.1, -0.05) is 18.7 Å². The lowest BCUT2D eigenvalue weighted by molar-refractivity contribution is -0.139. The maximum Gasteiger partial charge on any atom is 0.226 e. The van der Waals surface area contributed by atoms with E-state index in [2.05, 4.69) is 0 Å². The van der Waals surface area contributed by atoms with Crippen molar-refractivity contribution in [1.29, 1.82) is 0 Å². The van der Waals surface area contributed by atoms with Gasteiger partial charge in [-0.05, 0) is 12.8 Å². The van der Waals surface area contributed by atoms with E-state index in [1.807, 2.05) is 11.8 Å². The first-order chi connectivity index (χ1) is 9.51. The topological polar surface area (TPSA) is 55.8 Å². The molecule has 1 amide bonds. The van der Waals surface area contributed by atoms with Crippen LogP contribution in [0.15, 0.2) is 0 Å². The largest absolute Gasteiger partial charge is 0.383 e. The lowest BCUT2D eigenvalue weighted by Crippen LogP contribution is -2.47. The van der Waals surface area contributed by atoms with Gasteiger partial charge in [0.1, 0.15) is 0 Å². The summed E-state index contributed by atoms with van der Waals surface area (Å²) in [6, 6.07) is 0.245. The molecule has 0 aromatic heterocycles. The Labute approximate surface area is 125 Å². The van der Waals surface area contributed by atoms with Crippen LogP contribution in [-0.2, 0) is 19.1 Å². The second kappa shape index (κ2) is 8.64. The summed E-state index contributed by atoms with van der Waals surface area (Å²) in [5, 5.41) is 0.0490. The predicted octanol–water partition coefficient (Wildman–Crippen LogP) is 1.55. The molecule has 0 bridgehead atoms. The summed E-state index contributed by atoms with van der Waals surface area (Å²) in [6.45, 7) is 4.51. The van der Waals surface area contributed by atoms with Gasteiger partial charge in [-0.3, -0.25) is 9.59 Å². The van der Waals surface area contributed by atoms with E-state index >= 15 is 0 Å². The number of hydrogen-bond donors (Lipinski definition) is 0. The Hall–Kier alpha value is -0.590. The van der Waals surface area contributed by atoms with Crippen LogP contribution in [-0.4, -0.2) is 61.2 Å². The van der Waals surface area contributed by atoms with Gasteiger partial charge >= 0.3 is 0 Å². The monoisotopic (exact) mass is 303 g/mol. The highest BCUT2D eigenvalue weighted by Crippen LogP contribution is 2.27. The van der Waals surface area contributed by atoms with Crippen molar-refractivity contribution in [1.82, 2.24) is 4.90 Å². The van der Waals surface area contributed by atoms with E-state index in [0.29, 0.717) is 19.0 Å². The maximum absolute atomic E-state index is 12.6. The molecular weight excluding hydrogens is 278 g/mol. The lowest BCUT2D eigenvalue weighted by Gasteiger charge is -2.32. The third kappa shape index (κ3) is 4.75. The van der Waals surface area contributed by atoms with Crippen LogP contribution in [0.25, 0.3) is 0 Å². The van der Waals surface area contributed by atoms with Crippen molar-refractivity contribution in [3.63, 3.8) is 0 Å². The molecule has 0 saturated carbocycles. The number of rotatable bonds is 7. The number of amides is 1. The highest BCUT2D eigenvalue weighted by atomic mass is 32.2. The van der Waals surface area contributed by atoms with E-state index in [-0.39, 0.29) is 29.0 Å². The number of thioether (sulfide) groups is 1. The molecule has 1 aliphatic heterocycles. The Morgan fingerprint density at radius 3 is 2.10 bits per heavy atom. The molecule has 6 heteroatoms. The zero-order valence-corrected chi connectivity index (χ0v) is 13.6. The van der Waals surface area contributed by atoms with Gasteiger partial charge in [-0.25, -0.2) is 0 Å². The Kier molecular flexibility index (Phi) is 7.55. The van der Waals surface area contributed by atoms with Gasteiger partial charge < -0.3 is 14.4 Å². The quantitative estimate of drug-likeness (QED) is 0.714. The minimum Gasteiger partial charge on any atom is -0.383 e. The van der Waals surface area contributed by atoms with E-state index in [0.717, 1.165) is 12.8 Å². The van der Waals surface area contributed by atoms with Crippen molar-refractivity contribution < 1.29 is 19.1 Å². The van der Waals surface area contributed by atoms with E-state index in [1.165, 1.54) is 18.7 Å². The summed E-state index contributed by atoms with van der Waals surface area (Å²) in [5.74, 6) is 0.463. The van der Waals surface area contributed by atoms with Crippen LogP contribution < -0.4 is 0 Å². The highest BCUT2D eigenvalue weighted by Gasteiger charge is 2.38. The standard InChI is InChI=1S/C14H25NO4S/c1-10(9-20-11(2)16)14(17)15-12(7-18-3)5-6-13(15)8-19-4/h10,12-13H,5-9H2,1-4H3/t10-,12+,13+/m1/s1. The van der Waals surface area contributed by atoms with Crippen LogP contribution in [0.4, 0.5) is 0 Å². The number of carbonyl (C=O) groups is 2. The van der Waals surface area contributed by atoms with Gasteiger partial charge in [0.05, 0.1) is 25.3 Å². The SMILES string of the molecule is COC[C@@H]1CC[C@@H](COC)N1C(=O)[C@H](C)CSC(C)=O. The second-order valence-electron chi connectivity index (χ2n) is 5.24. The molecule has 0 spiro atoms. The maximum atomic E-state index is 12.6. The minimum atomic E-state index is -0.166. The number of methoxy groups -OCH3 is 2. The smallest absolute Gasteiger partial charge is 0.226 e. The van der Waals surface area contributed by atoms with Gasteiger partial charge in [0.25, 0.3) is 0 Å². The molecule has 0 aromatic rings. The molecule has 0 unspecified atom stereocenters. The van der Waals surface area contributed by atoms with Crippen LogP contribution in [0.5, 0.6) is 0 Å². The molecule has 20 heavy (non-hydrogen) atoms. The molecule has 0 N–H and O–H groups in total. The normalized spacial score (nSPS) is 23.9. The first-order valence-electron chi connectivity index (χ1n) is 6.94. The number of likely N-dealkylation sites (tertiary alicyclic amines) is 1. The van der Waals surface area contributed by atoms with Crippen molar-refractivity contribution >= 4 is 22.8 Å². The van der Waals surface area contributed by atoms with Crippen molar-refractivity contribution in [3.05, 3.63) is 0 Å². The summed E-state index contributed by atoms with van der Waals surface area (Å²) in [4.78, 5) is 25.6. The summed E-state index contributed by atoms with van der Waals surface area (Å²) in [7, 11) is 3.31. The Morgan fingerprint density at radius 2 is 1.70 bits per heavy atom. The Balaban J connectivity index is 2.69. The van der Waals surface area contributed by atoms with E-state index in [1.54, 1.807) is 14.2 Å². The van der Waals surface area contributed by atoms with Crippen LogP contribution in [0, 0.1) is 5.92 Å². The van der Waals surface area contributed by atoms with Gasteiger partial charge in [-0.15, -0.1) is 0 Å². The fraction of sp³-hybridized carbons (Fsp3) is 0.857. The summed E-state index contributed by atoms with van der Waals surface area (Å²) < 4.78 is 10.4. The van der Waals surface area contributed by atoms with E-state index < -0.39 is 0 Å². The van der Waals surface area contributed by atoms with Crippen molar-refractivity contribution in [2.45, 2.75) is 38.8 Å². The molecule has 3 atom stereocenters. The third-order valence-electron chi connectivity index (χ3n) is 3.55. The average Bonchev–Trinajstić information content (AvgIpc) is 2.79. The molecule has 1 saturated heterocycles. The lowest BCUT2D eigenvalue weighted by atomic mass is 10.1. The molecule has 1 heterocycles. The van der Waals surface area contributed by atoms with Crippen molar-refractivity contribution in [2.75, 3.05) is 33.2 Å². The Bertz CT molecular complexity index is 323. The summed E-state index contributed by atoms with van der Waals surface area (Å²) >= 11 is 1.21. The first kappa shape index (κ1) is 17.5. The van der Waals surface area contributed by atoms with Gasteiger partial charge in [-0.2, -0.15) is 0 Å². The van der Waals surface area contributed by atoms with E-state index in [4.69, 9.17) is 9.47 Å². The molecule has 0 aromatic carbocycles. The molecular formula is C14H25NO4S. The number of ether oxygens (including phenoxy) is 2. The number of carbonyl (C=O) groups excluding carboxylic acids is 2. The highest BCUT2D eigenvalue weighted by molar-refractivity contribution is 8.13. The van der Waals surface area contributed by atoms with Gasteiger partial charge in [0.2, 0.25) is 5.91 Å². The van der Waals surface area contributed by atoms with E-state index in [9.17, 15) is 9.59 Å². The number of nitrogens with zero attached hydrogens (tertiary/aromatic N) is 1. The zero-order chi connectivity index (χ0) is 15.1. The molecule has 5 nitrogen and oxygen atoms in total. The van der Waals surface area contributed by atoms with Gasteiger partial charge in [0.15, 0.2) is 5.12 Å². The van der Waals surface area contributed by atoms with Gasteiger partial charge in [0, 0.05) is 32.8 Å². The molecule has 1 aliphatic rings. The van der Waals surface area contributed by atoms with Crippen LogP contribution in [0.1, 0.15) is 26.7 Å². The van der Waals surface area contributed by atoms with Crippen molar-refractivity contribution in [2.24, 2.45) is 5.92 Å². The van der Waals surface area contributed by atoms with Crippen LogP contribution in [0.2, 0.25) is 0 Å². The molecule has 1 rings (SSSR count). The minimum absolute atomic E-state index is 0.0490. The molecule has 116 valence electrons. The summed E-state index contributed by atoms with van der Waals surface area (Å²) in [6.07, 6.45) is 1.89. The Morgan fingerprint density at radius 1 is 1.20 bits per heavy atom. The van der Waals surface area contributed by atoms with Crippen LogP contribution >= 0.6 is 11.8 Å². The zero-order valence-electron chi connectivity index (χ0n) is 12.8. The predicted molar refractivity (Wildman–Crippen MR) is 79.7 cm³/mol. The fourth-order valence-electron chi connectivity index (χ4n) is 2.60. The number of hydrogen-bond acceptors (Lipinski definition) is 5. The third-order valence-corrected chi connectivity index (χ3v) is 4.62. The first-order valence-corrected chi connectivity index (χ1v) is 7.93. The molecule has 0 aliphatic carbocycles. The average molecular weight is 303 g/mol. The second-order valence-corrected chi connectivity index (χ2v) is 6.44. The fourth-order valence-corrected chi connectivity index (χ4v) is 3.23. The summed E-state index contributed by atoms with van der Waals surface area (Å²) in [5.41, 5.74) is 0. The van der Waals surface area contributed by atoms with Crippen molar-refractivity contribution in [3.8, 4) is 0 Å². The molecule has 1 fully saturated rings. The van der Waals surface area contributed by atoms with Crippen LogP contribution in [0.3, 0.4) is 0 Å².